The van der Waals surface area contributed by atoms with Crippen molar-refractivity contribution in [1.82, 2.24) is 10.3 Å². The average molecular weight is 423 g/mol. The van der Waals surface area contributed by atoms with Gasteiger partial charge < -0.3 is 15.5 Å². The van der Waals surface area contributed by atoms with Crippen molar-refractivity contribution in [3.05, 3.63) is 54.2 Å². The van der Waals surface area contributed by atoms with E-state index in [2.05, 4.69) is 71.8 Å². The van der Waals surface area contributed by atoms with Gasteiger partial charge >= 0.3 is 0 Å². The van der Waals surface area contributed by atoms with Gasteiger partial charge in [-0.1, -0.05) is 57.0 Å². The van der Waals surface area contributed by atoms with Gasteiger partial charge in [-0.25, -0.2) is 4.98 Å². The van der Waals surface area contributed by atoms with E-state index < -0.39 is 0 Å². The van der Waals surface area contributed by atoms with Crippen LogP contribution in [-0.4, -0.2) is 29.7 Å². The molecular formula is C25H34N4S. The zero-order valence-corrected chi connectivity index (χ0v) is 19.0. The van der Waals surface area contributed by atoms with Crippen LogP contribution in [0.5, 0.6) is 0 Å². The molecule has 2 atom stereocenters. The number of rotatable bonds is 5. The number of anilines is 2. The topological polar surface area (TPSA) is 40.2 Å². The Labute approximate surface area is 186 Å². The minimum Gasteiger partial charge on any atom is -0.362 e. The number of hydrogen-bond acceptors (Lipinski definition) is 3. The number of piperidine rings is 1. The lowest BCUT2D eigenvalue weighted by molar-refractivity contribution is 0.355. The van der Waals surface area contributed by atoms with Crippen molar-refractivity contribution in [1.29, 1.82) is 0 Å². The van der Waals surface area contributed by atoms with Gasteiger partial charge in [0.1, 0.15) is 5.82 Å². The SMILES string of the molecule is C[C@@H]1C[C@@H](C)CN(c2ccc(NC(=S)NCC3(c4ccccc4)CCCC3)cn2)C1. The first-order valence-electron chi connectivity index (χ1n) is 11.4. The van der Waals surface area contributed by atoms with Gasteiger partial charge in [-0.05, 0) is 61.0 Å². The highest BCUT2D eigenvalue weighted by Crippen LogP contribution is 2.40. The van der Waals surface area contributed by atoms with Crippen LogP contribution in [0.4, 0.5) is 11.5 Å². The molecular weight excluding hydrogens is 388 g/mol. The molecule has 2 aliphatic rings. The summed E-state index contributed by atoms with van der Waals surface area (Å²) in [5.41, 5.74) is 2.56. The van der Waals surface area contributed by atoms with E-state index in [1.807, 2.05) is 6.20 Å². The van der Waals surface area contributed by atoms with Crippen LogP contribution in [0.25, 0.3) is 0 Å². The number of aromatic nitrogens is 1. The van der Waals surface area contributed by atoms with Crippen molar-refractivity contribution >= 4 is 28.8 Å². The molecule has 160 valence electrons. The summed E-state index contributed by atoms with van der Waals surface area (Å²) < 4.78 is 0. The second-order valence-electron chi connectivity index (χ2n) is 9.42. The van der Waals surface area contributed by atoms with E-state index in [0.29, 0.717) is 5.11 Å². The summed E-state index contributed by atoms with van der Waals surface area (Å²) in [6.45, 7) is 7.71. The molecule has 0 amide bonds. The molecule has 2 fully saturated rings. The lowest BCUT2D eigenvalue weighted by Crippen LogP contribution is -2.40. The van der Waals surface area contributed by atoms with Gasteiger partial charge in [0.25, 0.3) is 0 Å². The zero-order valence-electron chi connectivity index (χ0n) is 18.2. The molecule has 1 aliphatic carbocycles. The van der Waals surface area contributed by atoms with Crippen molar-refractivity contribution < 1.29 is 0 Å². The monoisotopic (exact) mass is 422 g/mol. The summed E-state index contributed by atoms with van der Waals surface area (Å²) in [7, 11) is 0. The Morgan fingerprint density at radius 2 is 1.77 bits per heavy atom. The fraction of sp³-hybridized carbons (Fsp3) is 0.520. The van der Waals surface area contributed by atoms with Gasteiger partial charge in [-0.2, -0.15) is 0 Å². The van der Waals surface area contributed by atoms with E-state index in [-0.39, 0.29) is 5.41 Å². The van der Waals surface area contributed by atoms with Gasteiger partial charge in [0.2, 0.25) is 0 Å². The van der Waals surface area contributed by atoms with E-state index in [0.717, 1.165) is 43.0 Å². The average Bonchev–Trinajstić information content (AvgIpc) is 3.23. The lowest BCUT2D eigenvalue weighted by atomic mass is 9.79. The van der Waals surface area contributed by atoms with Gasteiger partial charge in [0.15, 0.2) is 5.11 Å². The second kappa shape index (κ2) is 9.34. The predicted molar refractivity (Wildman–Crippen MR) is 130 cm³/mol. The molecule has 5 heteroatoms. The van der Waals surface area contributed by atoms with Gasteiger partial charge in [0, 0.05) is 25.0 Å². The second-order valence-corrected chi connectivity index (χ2v) is 9.83. The molecule has 1 saturated carbocycles. The first-order valence-corrected chi connectivity index (χ1v) is 11.8. The summed E-state index contributed by atoms with van der Waals surface area (Å²) in [5, 5.41) is 7.48. The van der Waals surface area contributed by atoms with Crippen LogP contribution in [0.2, 0.25) is 0 Å². The van der Waals surface area contributed by atoms with Crippen molar-refractivity contribution in [3.8, 4) is 0 Å². The highest BCUT2D eigenvalue weighted by Gasteiger charge is 2.35. The van der Waals surface area contributed by atoms with E-state index in [9.17, 15) is 0 Å². The Morgan fingerprint density at radius 3 is 2.40 bits per heavy atom. The number of nitrogens with zero attached hydrogens (tertiary/aromatic N) is 2. The number of thiocarbonyl (C=S) groups is 1. The molecule has 2 heterocycles. The molecule has 2 N–H and O–H groups in total. The molecule has 2 aromatic rings. The normalized spacial score (nSPS) is 23.2. The minimum atomic E-state index is 0.191. The number of pyridine rings is 1. The maximum Gasteiger partial charge on any atom is 0.170 e. The summed E-state index contributed by atoms with van der Waals surface area (Å²) in [6.07, 6.45) is 8.22. The van der Waals surface area contributed by atoms with Crippen molar-refractivity contribution in [2.75, 3.05) is 29.9 Å². The smallest absolute Gasteiger partial charge is 0.170 e. The van der Waals surface area contributed by atoms with Crippen LogP contribution in [0.3, 0.4) is 0 Å². The third kappa shape index (κ3) is 4.94. The molecule has 1 saturated heterocycles. The molecule has 0 bridgehead atoms. The minimum absolute atomic E-state index is 0.191. The molecule has 4 nitrogen and oxygen atoms in total. The summed E-state index contributed by atoms with van der Waals surface area (Å²) >= 11 is 5.60. The fourth-order valence-electron chi connectivity index (χ4n) is 5.33. The molecule has 0 spiro atoms. The van der Waals surface area contributed by atoms with Crippen LogP contribution >= 0.6 is 12.2 Å². The Bertz CT molecular complexity index is 820. The van der Waals surface area contributed by atoms with E-state index in [4.69, 9.17) is 17.2 Å². The zero-order chi connectivity index (χ0) is 21.0. The lowest BCUT2D eigenvalue weighted by Gasteiger charge is -2.35. The van der Waals surface area contributed by atoms with Crippen molar-refractivity contribution in [3.63, 3.8) is 0 Å². The number of nitrogens with one attached hydrogen (secondary N) is 2. The highest BCUT2D eigenvalue weighted by molar-refractivity contribution is 7.80. The largest absolute Gasteiger partial charge is 0.362 e. The number of benzene rings is 1. The molecule has 1 aromatic carbocycles. The van der Waals surface area contributed by atoms with Crippen molar-refractivity contribution in [2.24, 2.45) is 11.8 Å². The summed E-state index contributed by atoms with van der Waals surface area (Å²) in [5.74, 6) is 2.50. The van der Waals surface area contributed by atoms with Crippen molar-refractivity contribution in [2.45, 2.75) is 51.4 Å². The predicted octanol–water partition coefficient (Wildman–Crippen LogP) is 5.36. The van der Waals surface area contributed by atoms with Gasteiger partial charge in [0.05, 0.1) is 11.9 Å². The van der Waals surface area contributed by atoms with E-state index >= 15 is 0 Å². The summed E-state index contributed by atoms with van der Waals surface area (Å²) in [6, 6.07) is 15.1. The maximum absolute atomic E-state index is 5.60. The van der Waals surface area contributed by atoms with Crippen LogP contribution in [-0.2, 0) is 5.41 Å². The summed E-state index contributed by atoms with van der Waals surface area (Å²) in [4.78, 5) is 7.10. The Balaban J connectivity index is 1.34. The quantitative estimate of drug-likeness (QED) is 0.635. The van der Waals surface area contributed by atoms with Crippen LogP contribution in [0, 0.1) is 11.8 Å². The third-order valence-electron chi connectivity index (χ3n) is 6.73. The van der Waals surface area contributed by atoms with E-state index in [1.54, 1.807) is 0 Å². The first-order chi connectivity index (χ1) is 14.5. The maximum atomic E-state index is 5.60. The third-order valence-corrected chi connectivity index (χ3v) is 6.98. The fourth-order valence-corrected chi connectivity index (χ4v) is 5.52. The molecule has 1 aromatic heterocycles. The standard InChI is InChI=1S/C25H34N4S/c1-19-14-20(2)17-29(16-19)23-11-10-22(15-26-23)28-24(30)27-18-25(12-6-7-13-25)21-8-4-3-5-9-21/h3-5,8-11,15,19-20H,6-7,12-14,16-18H2,1-2H3,(H2,27,28,30)/t19-,20-/m1/s1. The molecule has 0 unspecified atom stereocenters. The van der Waals surface area contributed by atoms with Crippen LogP contribution in [0.1, 0.15) is 51.5 Å². The first kappa shape index (κ1) is 21.1. The molecule has 1 aliphatic heterocycles. The molecule has 30 heavy (non-hydrogen) atoms. The van der Waals surface area contributed by atoms with Gasteiger partial charge in [-0.15, -0.1) is 0 Å². The van der Waals surface area contributed by atoms with Crippen LogP contribution < -0.4 is 15.5 Å². The Hall–Kier alpha value is -2.14. The Morgan fingerprint density at radius 1 is 1.07 bits per heavy atom. The van der Waals surface area contributed by atoms with E-state index in [1.165, 1.54) is 37.7 Å². The van der Waals surface area contributed by atoms with Crippen LogP contribution in [0.15, 0.2) is 48.7 Å². The molecule has 0 radical (unpaired) electrons. The highest BCUT2D eigenvalue weighted by atomic mass is 32.1. The Kier molecular flexibility index (Phi) is 6.57. The molecule has 4 rings (SSSR count). The van der Waals surface area contributed by atoms with Gasteiger partial charge in [-0.3, -0.25) is 0 Å². The number of hydrogen-bond donors (Lipinski definition) is 2.